The summed E-state index contributed by atoms with van der Waals surface area (Å²) >= 11 is 0. The van der Waals surface area contributed by atoms with Crippen LogP contribution in [-0.2, 0) is 10.2 Å². The van der Waals surface area contributed by atoms with Crippen LogP contribution in [-0.4, -0.2) is 18.4 Å². The highest BCUT2D eigenvalue weighted by Crippen LogP contribution is 2.23. The quantitative estimate of drug-likeness (QED) is 0.553. The van der Waals surface area contributed by atoms with Gasteiger partial charge < -0.3 is 15.4 Å². The molecule has 0 unspecified atom stereocenters. The molecule has 0 atom stereocenters. The van der Waals surface area contributed by atoms with Crippen LogP contribution in [0.25, 0.3) is 0 Å². The van der Waals surface area contributed by atoms with Crippen LogP contribution in [0.15, 0.2) is 72.8 Å². The van der Waals surface area contributed by atoms with E-state index in [0.717, 1.165) is 5.56 Å². The van der Waals surface area contributed by atoms with Crippen LogP contribution in [0.4, 0.5) is 11.4 Å². The predicted octanol–water partition coefficient (Wildman–Crippen LogP) is 5.56. The molecule has 2 amide bonds. The lowest BCUT2D eigenvalue weighted by Crippen LogP contribution is -2.20. The first-order chi connectivity index (χ1) is 14.7. The van der Waals surface area contributed by atoms with Crippen molar-refractivity contribution < 1.29 is 14.3 Å². The van der Waals surface area contributed by atoms with Crippen molar-refractivity contribution in [2.75, 3.05) is 17.2 Å². The average Bonchev–Trinajstić information content (AvgIpc) is 2.73. The highest BCUT2D eigenvalue weighted by atomic mass is 16.5. The molecule has 0 bridgehead atoms. The highest BCUT2D eigenvalue weighted by molar-refractivity contribution is 6.04. The van der Waals surface area contributed by atoms with Crippen molar-refractivity contribution in [2.45, 2.75) is 33.1 Å². The number of hydrogen-bond acceptors (Lipinski definition) is 3. The molecule has 5 nitrogen and oxygen atoms in total. The van der Waals surface area contributed by atoms with E-state index in [2.05, 4.69) is 31.4 Å². The summed E-state index contributed by atoms with van der Waals surface area (Å²) in [6, 6.07) is 22.1. The number of rotatable bonds is 6. The molecule has 0 saturated carbocycles. The van der Waals surface area contributed by atoms with Crippen LogP contribution >= 0.6 is 0 Å². The van der Waals surface area contributed by atoms with Crippen molar-refractivity contribution in [2.24, 2.45) is 0 Å². The second-order valence-corrected chi connectivity index (χ2v) is 8.51. The molecular weight excluding hydrogens is 388 g/mol. The van der Waals surface area contributed by atoms with Crippen molar-refractivity contribution >= 4 is 23.2 Å². The molecule has 0 spiro atoms. The maximum absolute atomic E-state index is 12.6. The maximum atomic E-state index is 12.6. The summed E-state index contributed by atoms with van der Waals surface area (Å²) in [7, 11) is 0. The lowest BCUT2D eigenvalue weighted by atomic mass is 9.87. The van der Waals surface area contributed by atoms with Crippen LogP contribution < -0.4 is 15.4 Å². The third-order valence-corrected chi connectivity index (χ3v) is 4.81. The number of amides is 2. The SMILES string of the molecule is Cc1ccc(OCC(=O)Nc2cccc(NC(=O)c3ccc(C(C)(C)C)cc3)c2)cc1. The Morgan fingerprint density at radius 2 is 1.45 bits per heavy atom. The summed E-state index contributed by atoms with van der Waals surface area (Å²) in [4.78, 5) is 24.8. The second-order valence-electron chi connectivity index (χ2n) is 8.51. The zero-order valence-corrected chi connectivity index (χ0v) is 18.4. The molecule has 0 aliphatic carbocycles. The van der Waals surface area contributed by atoms with Gasteiger partial charge in [0.15, 0.2) is 6.61 Å². The standard InChI is InChI=1S/C26H28N2O3/c1-18-8-14-23(15-9-18)31-17-24(29)27-21-6-5-7-22(16-21)28-25(30)19-10-12-20(13-11-19)26(2,3)4/h5-16H,17H2,1-4H3,(H,27,29)(H,28,30). The fourth-order valence-corrected chi connectivity index (χ4v) is 2.98. The molecule has 2 N–H and O–H groups in total. The maximum Gasteiger partial charge on any atom is 0.262 e. The molecular formula is C26H28N2O3. The molecule has 0 heterocycles. The van der Waals surface area contributed by atoms with E-state index in [-0.39, 0.29) is 23.8 Å². The smallest absolute Gasteiger partial charge is 0.262 e. The monoisotopic (exact) mass is 416 g/mol. The number of benzene rings is 3. The molecule has 0 fully saturated rings. The van der Waals surface area contributed by atoms with E-state index in [1.165, 1.54) is 5.56 Å². The zero-order chi connectivity index (χ0) is 22.4. The molecule has 3 aromatic rings. The fraction of sp³-hybridized carbons (Fsp3) is 0.231. The normalized spacial score (nSPS) is 11.0. The minimum Gasteiger partial charge on any atom is -0.484 e. The van der Waals surface area contributed by atoms with Gasteiger partial charge in [-0.15, -0.1) is 0 Å². The van der Waals surface area contributed by atoms with E-state index in [1.807, 2.05) is 55.5 Å². The summed E-state index contributed by atoms with van der Waals surface area (Å²) in [5.74, 6) is 0.160. The first-order valence-corrected chi connectivity index (χ1v) is 10.2. The van der Waals surface area contributed by atoms with Crippen molar-refractivity contribution in [3.05, 3.63) is 89.5 Å². The van der Waals surface area contributed by atoms with Gasteiger partial charge in [-0.3, -0.25) is 9.59 Å². The molecule has 31 heavy (non-hydrogen) atoms. The topological polar surface area (TPSA) is 67.4 Å². The van der Waals surface area contributed by atoms with E-state index < -0.39 is 0 Å². The van der Waals surface area contributed by atoms with Crippen molar-refractivity contribution in [1.29, 1.82) is 0 Å². The first kappa shape index (κ1) is 22.1. The van der Waals surface area contributed by atoms with Crippen LogP contribution in [0.2, 0.25) is 0 Å². The van der Waals surface area contributed by atoms with E-state index in [9.17, 15) is 9.59 Å². The molecule has 0 aliphatic rings. The predicted molar refractivity (Wildman–Crippen MR) is 125 cm³/mol. The van der Waals surface area contributed by atoms with Crippen molar-refractivity contribution in [3.63, 3.8) is 0 Å². The molecule has 0 saturated heterocycles. The minimum absolute atomic E-state index is 0.0325. The Labute approximate surface area is 183 Å². The summed E-state index contributed by atoms with van der Waals surface area (Å²) in [5.41, 5.74) is 4.09. The van der Waals surface area contributed by atoms with Crippen molar-refractivity contribution in [3.8, 4) is 5.75 Å². The number of hydrogen-bond donors (Lipinski definition) is 2. The third kappa shape index (κ3) is 6.44. The lowest BCUT2D eigenvalue weighted by molar-refractivity contribution is -0.118. The summed E-state index contributed by atoms with van der Waals surface area (Å²) < 4.78 is 5.50. The van der Waals surface area contributed by atoms with Gasteiger partial charge in [0.1, 0.15) is 5.75 Å². The summed E-state index contributed by atoms with van der Waals surface area (Å²) in [6.45, 7) is 8.29. The van der Waals surface area contributed by atoms with Crippen LogP contribution in [0.3, 0.4) is 0 Å². The van der Waals surface area contributed by atoms with E-state index in [0.29, 0.717) is 22.7 Å². The third-order valence-electron chi connectivity index (χ3n) is 4.81. The molecule has 5 heteroatoms. The highest BCUT2D eigenvalue weighted by Gasteiger charge is 2.14. The van der Waals surface area contributed by atoms with Gasteiger partial charge in [0, 0.05) is 16.9 Å². The Kier molecular flexibility index (Phi) is 6.75. The van der Waals surface area contributed by atoms with Crippen LogP contribution in [0, 0.1) is 6.92 Å². The van der Waals surface area contributed by atoms with Crippen LogP contribution in [0.5, 0.6) is 5.75 Å². The van der Waals surface area contributed by atoms with Gasteiger partial charge in [-0.2, -0.15) is 0 Å². The Balaban J connectivity index is 1.57. The van der Waals surface area contributed by atoms with E-state index in [4.69, 9.17) is 4.74 Å². The van der Waals surface area contributed by atoms with Crippen LogP contribution in [0.1, 0.15) is 42.3 Å². The zero-order valence-electron chi connectivity index (χ0n) is 18.4. The fourth-order valence-electron chi connectivity index (χ4n) is 2.98. The van der Waals surface area contributed by atoms with E-state index >= 15 is 0 Å². The summed E-state index contributed by atoms with van der Waals surface area (Å²) in [6.07, 6.45) is 0. The van der Waals surface area contributed by atoms with Gasteiger partial charge in [0.05, 0.1) is 0 Å². The summed E-state index contributed by atoms with van der Waals surface area (Å²) in [5, 5.41) is 5.66. The first-order valence-electron chi connectivity index (χ1n) is 10.2. The van der Waals surface area contributed by atoms with Gasteiger partial charge >= 0.3 is 0 Å². The van der Waals surface area contributed by atoms with E-state index in [1.54, 1.807) is 24.3 Å². The number of aryl methyl sites for hydroxylation is 1. The number of nitrogens with one attached hydrogen (secondary N) is 2. The largest absolute Gasteiger partial charge is 0.484 e. The molecule has 0 radical (unpaired) electrons. The molecule has 0 aromatic heterocycles. The Morgan fingerprint density at radius 3 is 2.06 bits per heavy atom. The average molecular weight is 417 g/mol. The minimum atomic E-state index is -0.276. The van der Waals surface area contributed by atoms with Gasteiger partial charge in [-0.05, 0) is 60.4 Å². The molecule has 3 rings (SSSR count). The molecule has 3 aromatic carbocycles. The van der Waals surface area contributed by atoms with Gasteiger partial charge in [0.25, 0.3) is 11.8 Å². The van der Waals surface area contributed by atoms with Crippen molar-refractivity contribution in [1.82, 2.24) is 0 Å². The van der Waals surface area contributed by atoms with Gasteiger partial charge in [0.2, 0.25) is 0 Å². The Hall–Kier alpha value is -3.60. The number of anilines is 2. The Morgan fingerprint density at radius 1 is 0.839 bits per heavy atom. The molecule has 160 valence electrons. The van der Waals surface area contributed by atoms with Gasteiger partial charge in [-0.1, -0.05) is 56.7 Å². The number of carbonyl (C=O) groups is 2. The number of ether oxygens (including phenoxy) is 1. The van der Waals surface area contributed by atoms with Gasteiger partial charge in [-0.25, -0.2) is 0 Å². The second kappa shape index (κ2) is 9.47. The molecule has 0 aliphatic heterocycles. The Bertz CT molecular complexity index is 1050. The lowest BCUT2D eigenvalue weighted by Gasteiger charge is -2.19. The number of carbonyl (C=O) groups excluding carboxylic acids is 2.